The number of nitrogens with one attached hydrogen (secondary N) is 1. The summed E-state index contributed by atoms with van der Waals surface area (Å²) in [4.78, 5) is 12.1. The number of fused-ring (bicyclic) bond motifs is 1. The summed E-state index contributed by atoms with van der Waals surface area (Å²) in [6.45, 7) is 0. The van der Waals surface area contributed by atoms with E-state index in [9.17, 15) is 9.90 Å². The fourth-order valence-electron chi connectivity index (χ4n) is 2.33. The Kier molecular flexibility index (Phi) is 4.68. The smallest absolute Gasteiger partial charge is 0.275 e. The van der Waals surface area contributed by atoms with Crippen molar-refractivity contribution in [3.05, 3.63) is 83.9 Å². The van der Waals surface area contributed by atoms with Crippen LogP contribution >= 0.6 is 0 Å². The first-order chi connectivity index (χ1) is 11.7. The second kappa shape index (κ2) is 7.24. The highest BCUT2D eigenvalue weighted by Crippen LogP contribution is 2.24. The van der Waals surface area contributed by atoms with E-state index in [0.29, 0.717) is 0 Å². The number of hydrazone groups is 1. The monoisotopic (exact) mass is 316 g/mol. The lowest BCUT2D eigenvalue weighted by Crippen LogP contribution is -2.17. The van der Waals surface area contributed by atoms with E-state index in [4.69, 9.17) is 0 Å². The largest absolute Gasteiger partial charge is 0.507 e. The van der Waals surface area contributed by atoms with Crippen LogP contribution in [0.4, 0.5) is 0 Å². The number of nitrogens with zero attached hydrogens (tertiary/aromatic N) is 1. The van der Waals surface area contributed by atoms with Crippen LogP contribution in [0.5, 0.6) is 5.75 Å². The van der Waals surface area contributed by atoms with E-state index in [-0.39, 0.29) is 11.3 Å². The lowest BCUT2D eigenvalue weighted by Gasteiger charge is -2.05. The van der Waals surface area contributed by atoms with Gasteiger partial charge in [-0.05, 0) is 34.5 Å². The number of aromatic hydroxyl groups is 1. The Balaban J connectivity index is 1.68. The van der Waals surface area contributed by atoms with Crippen molar-refractivity contribution in [1.29, 1.82) is 0 Å². The van der Waals surface area contributed by atoms with Crippen molar-refractivity contribution in [2.24, 2.45) is 5.10 Å². The molecule has 118 valence electrons. The van der Waals surface area contributed by atoms with Gasteiger partial charge >= 0.3 is 0 Å². The van der Waals surface area contributed by atoms with Crippen molar-refractivity contribution < 1.29 is 9.90 Å². The molecule has 0 spiro atoms. The molecule has 1 amide bonds. The van der Waals surface area contributed by atoms with Crippen molar-refractivity contribution >= 4 is 29.0 Å². The minimum absolute atomic E-state index is 0.0683. The molecule has 4 nitrogen and oxygen atoms in total. The van der Waals surface area contributed by atoms with Gasteiger partial charge < -0.3 is 5.11 Å². The first kappa shape index (κ1) is 15.5. The third kappa shape index (κ3) is 3.67. The van der Waals surface area contributed by atoms with Crippen molar-refractivity contribution in [2.75, 3.05) is 0 Å². The molecule has 0 aromatic heterocycles. The molecule has 4 heteroatoms. The number of carbonyl (C=O) groups excluding carboxylic acids is 1. The lowest BCUT2D eigenvalue weighted by atomic mass is 10.1. The Bertz CT molecular complexity index is 915. The molecular formula is C20H16N2O2. The normalized spacial score (nSPS) is 11.3. The van der Waals surface area contributed by atoms with Gasteiger partial charge in [-0.3, -0.25) is 4.79 Å². The van der Waals surface area contributed by atoms with Gasteiger partial charge in [0.2, 0.25) is 0 Å². The van der Waals surface area contributed by atoms with Gasteiger partial charge in [0.05, 0.1) is 5.56 Å². The SMILES string of the molecule is O=C(N/N=C/C=C/c1ccccc1)c1cc2ccccc2cc1O. The highest BCUT2D eigenvalue weighted by Gasteiger charge is 2.11. The van der Waals surface area contributed by atoms with Crippen LogP contribution in [0.3, 0.4) is 0 Å². The molecule has 0 fully saturated rings. The number of carbonyl (C=O) groups is 1. The molecule has 0 saturated carbocycles. The Hall–Kier alpha value is -3.40. The van der Waals surface area contributed by atoms with Gasteiger partial charge in [0.25, 0.3) is 5.91 Å². The number of phenols is 1. The summed E-state index contributed by atoms with van der Waals surface area (Å²) in [6.07, 6.45) is 5.10. The molecule has 0 aliphatic rings. The average Bonchev–Trinajstić information content (AvgIpc) is 2.61. The van der Waals surface area contributed by atoms with Crippen molar-refractivity contribution in [3.8, 4) is 5.75 Å². The van der Waals surface area contributed by atoms with E-state index in [1.54, 1.807) is 18.2 Å². The number of allylic oxidation sites excluding steroid dienone is 1. The number of hydrogen-bond donors (Lipinski definition) is 2. The number of amides is 1. The van der Waals surface area contributed by atoms with E-state index in [1.807, 2.05) is 60.7 Å². The number of benzene rings is 3. The zero-order chi connectivity index (χ0) is 16.8. The summed E-state index contributed by atoms with van der Waals surface area (Å²) in [6, 6.07) is 20.5. The molecule has 0 aliphatic carbocycles. The van der Waals surface area contributed by atoms with E-state index in [0.717, 1.165) is 16.3 Å². The van der Waals surface area contributed by atoms with Crippen LogP contribution in [0.1, 0.15) is 15.9 Å². The Morgan fingerprint density at radius 1 is 0.958 bits per heavy atom. The molecule has 0 radical (unpaired) electrons. The van der Waals surface area contributed by atoms with Gasteiger partial charge in [0.1, 0.15) is 5.75 Å². The molecule has 3 rings (SSSR count). The highest BCUT2D eigenvalue weighted by molar-refractivity contribution is 6.01. The van der Waals surface area contributed by atoms with Crippen molar-refractivity contribution in [3.63, 3.8) is 0 Å². The van der Waals surface area contributed by atoms with E-state index in [1.165, 1.54) is 6.21 Å². The first-order valence-corrected chi connectivity index (χ1v) is 7.51. The zero-order valence-electron chi connectivity index (χ0n) is 12.9. The number of hydrogen-bond acceptors (Lipinski definition) is 3. The molecule has 24 heavy (non-hydrogen) atoms. The second-order valence-electron chi connectivity index (χ2n) is 5.21. The lowest BCUT2D eigenvalue weighted by molar-refractivity contribution is 0.0952. The predicted octanol–water partition coefficient (Wildman–Crippen LogP) is 3.97. The summed E-state index contributed by atoms with van der Waals surface area (Å²) < 4.78 is 0. The summed E-state index contributed by atoms with van der Waals surface area (Å²) >= 11 is 0. The van der Waals surface area contributed by atoms with Gasteiger partial charge in [-0.15, -0.1) is 0 Å². The van der Waals surface area contributed by atoms with Gasteiger partial charge in [0, 0.05) is 6.21 Å². The van der Waals surface area contributed by atoms with Gasteiger partial charge in [0.15, 0.2) is 0 Å². The molecule has 0 heterocycles. The summed E-state index contributed by atoms with van der Waals surface area (Å²) in [7, 11) is 0. The van der Waals surface area contributed by atoms with Crippen LogP contribution in [0.25, 0.3) is 16.8 Å². The van der Waals surface area contributed by atoms with Crippen LogP contribution < -0.4 is 5.43 Å². The maximum absolute atomic E-state index is 12.1. The van der Waals surface area contributed by atoms with Crippen LogP contribution in [-0.4, -0.2) is 17.2 Å². The fourth-order valence-corrected chi connectivity index (χ4v) is 2.33. The summed E-state index contributed by atoms with van der Waals surface area (Å²) in [5.74, 6) is -0.524. The molecule has 0 unspecified atom stereocenters. The van der Waals surface area contributed by atoms with E-state index >= 15 is 0 Å². The molecule has 0 aliphatic heterocycles. The highest BCUT2D eigenvalue weighted by atomic mass is 16.3. The maximum atomic E-state index is 12.1. The third-order valence-corrected chi connectivity index (χ3v) is 3.52. The van der Waals surface area contributed by atoms with Crippen LogP contribution in [-0.2, 0) is 0 Å². The van der Waals surface area contributed by atoms with Crippen molar-refractivity contribution in [2.45, 2.75) is 0 Å². The third-order valence-electron chi connectivity index (χ3n) is 3.52. The maximum Gasteiger partial charge on any atom is 0.275 e. The number of rotatable bonds is 4. The van der Waals surface area contributed by atoms with Crippen LogP contribution in [0, 0.1) is 0 Å². The Morgan fingerprint density at radius 3 is 2.38 bits per heavy atom. The van der Waals surface area contributed by atoms with Gasteiger partial charge in [-0.1, -0.05) is 60.7 Å². The molecule has 3 aromatic rings. The Morgan fingerprint density at radius 2 is 1.62 bits per heavy atom. The average molecular weight is 316 g/mol. The van der Waals surface area contributed by atoms with Gasteiger partial charge in [-0.25, -0.2) is 5.43 Å². The second-order valence-corrected chi connectivity index (χ2v) is 5.21. The molecule has 2 N–H and O–H groups in total. The minimum Gasteiger partial charge on any atom is -0.507 e. The summed E-state index contributed by atoms with van der Waals surface area (Å²) in [5.41, 5.74) is 3.65. The molecule has 0 bridgehead atoms. The van der Waals surface area contributed by atoms with Crippen LogP contribution in [0.15, 0.2) is 77.9 Å². The predicted molar refractivity (Wildman–Crippen MR) is 97.0 cm³/mol. The molecule has 0 saturated heterocycles. The minimum atomic E-state index is -0.456. The molecule has 0 atom stereocenters. The van der Waals surface area contributed by atoms with Gasteiger partial charge in [-0.2, -0.15) is 5.10 Å². The van der Waals surface area contributed by atoms with Crippen LogP contribution in [0.2, 0.25) is 0 Å². The van der Waals surface area contributed by atoms with E-state index in [2.05, 4.69) is 10.5 Å². The zero-order valence-corrected chi connectivity index (χ0v) is 12.9. The standard InChI is InChI=1S/C20H16N2O2/c23-19-14-17-11-5-4-10-16(17)13-18(19)20(24)22-21-12-6-9-15-7-2-1-3-8-15/h1-14,23H,(H,22,24)/b9-6+,21-12+. The fraction of sp³-hybridized carbons (Fsp3) is 0. The molecule has 3 aromatic carbocycles. The number of phenolic OH excluding ortho intramolecular Hbond substituents is 1. The van der Waals surface area contributed by atoms with E-state index < -0.39 is 5.91 Å². The topological polar surface area (TPSA) is 61.7 Å². The first-order valence-electron chi connectivity index (χ1n) is 7.51. The Labute approximate surface area is 139 Å². The molecular weight excluding hydrogens is 300 g/mol. The summed E-state index contributed by atoms with van der Waals surface area (Å²) in [5, 5.41) is 15.6. The quantitative estimate of drug-likeness (QED) is 0.565. The van der Waals surface area contributed by atoms with Crippen molar-refractivity contribution in [1.82, 2.24) is 5.43 Å².